The van der Waals surface area contributed by atoms with Gasteiger partial charge in [0.1, 0.15) is 17.2 Å². The van der Waals surface area contributed by atoms with Gasteiger partial charge >= 0.3 is 5.97 Å². The van der Waals surface area contributed by atoms with E-state index in [1.807, 2.05) is 0 Å². The molecule has 4 aromatic heterocycles. The SMILES string of the molecule is CC(C)C.O=C(O)CCNc1nc(-c2c[nH]c3ncc(F)cc23)nc(-c2ccco2)c1F. The van der Waals surface area contributed by atoms with Crippen LogP contribution in [0.3, 0.4) is 0 Å². The number of aromatic nitrogens is 4. The van der Waals surface area contributed by atoms with Gasteiger partial charge in [-0.1, -0.05) is 20.8 Å². The van der Waals surface area contributed by atoms with E-state index in [2.05, 4.69) is 46.0 Å². The van der Waals surface area contributed by atoms with Gasteiger partial charge in [-0.25, -0.2) is 23.7 Å². The van der Waals surface area contributed by atoms with Gasteiger partial charge in [-0.3, -0.25) is 4.79 Å². The number of hydrogen-bond donors (Lipinski definition) is 3. The van der Waals surface area contributed by atoms with Gasteiger partial charge in [0.25, 0.3) is 0 Å². The molecule has 32 heavy (non-hydrogen) atoms. The molecule has 0 atom stereocenters. The van der Waals surface area contributed by atoms with Gasteiger partial charge in [0.05, 0.1) is 18.9 Å². The predicted octanol–water partition coefficient (Wildman–Crippen LogP) is 5.11. The van der Waals surface area contributed by atoms with Crippen LogP contribution in [0.2, 0.25) is 0 Å². The zero-order valence-electron chi connectivity index (χ0n) is 17.8. The lowest BCUT2D eigenvalue weighted by Crippen LogP contribution is -2.11. The van der Waals surface area contributed by atoms with Crippen LogP contribution in [0.5, 0.6) is 0 Å². The van der Waals surface area contributed by atoms with Crippen molar-refractivity contribution in [2.45, 2.75) is 27.2 Å². The van der Waals surface area contributed by atoms with E-state index in [1.54, 1.807) is 6.07 Å². The maximum absolute atomic E-state index is 14.9. The monoisotopic (exact) mass is 443 g/mol. The number of carbonyl (C=O) groups is 1. The van der Waals surface area contributed by atoms with Crippen LogP contribution in [0.25, 0.3) is 33.9 Å². The highest BCUT2D eigenvalue weighted by molar-refractivity contribution is 5.92. The number of fused-ring (bicyclic) bond motifs is 1. The maximum Gasteiger partial charge on any atom is 0.305 e. The van der Waals surface area contributed by atoms with Crippen molar-refractivity contribution in [3.05, 3.63) is 48.5 Å². The number of halogens is 2. The second kappa shape index (κ2) is 9.99. The Hall–Kier alpha value is -3.82. The molecule has 0 aliphatic carbocycles. The summed E-state index contributed by atoms with van der Waals surface area (Å²) in [5, 5.41) is 11.9. The van der Waals surface area contributed by atoms with E-state index in [0.717, 1.165) is 12.1 Å². The molecule has 0 aliphatic rings. The number of nitrogens with zero attached hydrogens (tertiary/aromatic N) is 3. The molecule has 0 radical (unpaired) electrons. The molecule has 4 heterocycles. The maximum atomic E-state index is 14.9. The van der Waals surface area contributed by atoms with Gasteiger partial charge < -0.3 is 19.8 Å². The van der Waals surface area contributed by atoms with Crippen molar-refractivity contribution in [2.75, 3.05) is 11.9 Å². The number of furan rings is 1. The van der Waals surface area contributed by atoms with Crippen molar-refractivity contribution < 1.29 is 23.1 Å². The summed E-state index contributed by atoms with van der Waals surface area (Å²) in [4.78, 5) is 26.0. The number of carboxylic acids is 1. The lowest BCUT2D eigenvalue weighted by atomic mass is 10.2. The van der Waals surface area contributed by atoms with E-state index in [0.29, 0.717) is 16.6 Å². The highest BCUT2D eigenvalue weighted by Crippen LogP contribution is 2.31. The Morgan fingerprint density at radius 1 is 1.28 bits per heavy atom. The smallest absolute Gasteiger partial charge is 0.305 e. The Bertz CT molecular complexity index is 1200. The number of aromatic amines is 1. The Morgan fingerprint density at radius 2 is 2.03 bits per heavy atom. The molecule has 0 aromatic carbocycles. The number of rotatable bonds is 6. The first-order valence-corrected chi connectivity index (χ1v) is 9.96. The summed E-state index contributed by atoms with van der Waals surface area (Å²) in [5.41, 5.74) is 0.729. The average molecular weight is 443 g/mol. The first-order valence-electron chi connectivity index (χ1n) is 9.96. The number of hydrogen-bond acceptors (Lipinski definition) is 6. The van der Waals surface area contributed by atoms with E-state index >= 15 is 0 Å². The van der Waals surface area contributed by atoms with E-state index < -0.39 is 17.6 Å². The van der Waals surface area contributed by atoms with Crippen LogP contribution < -0.4 is 5.32 Å². The largest absolute Gasteiger partial charge is 0.481 e. The first-order chi connectivity index (χ1) is 15.3. The van der Waals surface area contributed by atoms with Gasteiger partial charge in [0, 0.05) is 23.7 Å². The second-order valence-corrected chi connectivity index (χ2v) is 7.59. The minimum Gasteiger partial charge on any atom is -0.481 e. The zero-order valence-corrected chi connectivity index (χ0v) is 17.8. The molecular formula is C22H23F2N5O3. The van der Waals surface area contributed by atoms with Gasteiger partial charge in [-0.15, -0.1) is 0 Å². The van der Waals surface area contributed by atoms with E-state index in [-0.39, 0.29) is 36.1 Å². The fraction of sp³-hybridized carbons (Fsp3) is 0.273. The number of aliphatic carboxylic acids is 1. The third-order valence-electron chi connectivity index (χ3n) is 3.98. The van der Waals surface area contributed by atoms with Crippen molar-refractivity contribution >= 4 is 22.8 Å². The van der Waals surface area contributed by atoms with Crippen LogP contribution in [0.1, 0.15) is 27.2 Å². The summed E-state index contributed by atoms with van der Waals surface area (Å²) in [6.45, 7) is 6.46. The summed E-state index contributed by atoms with van der Waals surface area (Å²) in [5.74, 6) is -1.44. The normalized spacial score (nSPS) is 10.8. The molecule has 0 fully saturated rings. The van der Waals surface area contributed by atoms with Crippen molar-refractivity contribution in [1.29, 1.82) is 0 Å². The summed E-state index contributed by atoms with van der Waals surface area (Å²) in [7, 11) is 0. The van der Waals surface area contributed by atoms with Gasteiger partial charge in [-0.2, -0.15) is 0 Å². The molecule has 0 unspecified atom stereocenters. The van der Waals surface area contributed by atoms with Gasteiger partial charge in [0.15, 0.2) is 23.2 Å². The quantitative estimate of drug-likeness (QED) is 0.379. The number of pyridine rings is 1. The Balaban J connectivity index is 0.000000668. The first kappa shape index (κ1) is 22.9. The molecule has 4 rings (SSSR count). The third-order valence-corrected chi connectivity index (χ3v) is 3.98. The Morgan fingerprint density at radius 3 is 2.69 bits per heavy atom. The molecule has 0 saturated carbocycles. The standard InChI is InChI=1S/C18H13F2N5O3.C4H10/c19-9-6-10-11(8-23-16(10)22-7-9)17-24-15(12-2-1-5-28-12)14(20)18(25-17)21-4-3-13(26)27;1-4(2)3/h1-2,5-8H,3-4H2,(H,22,23)(H,26,27)(H,21,24,25);4H,1-3H3. The fourth-order valence-corrected chi connectivity index (χ4v) is 2.71. The van der Waals surface area contributed by atoms with Gasteiger partial charge in [-0.05, 0) is 24.1 Å². The van der Waals surface area contributed by atoms with Crippen LogP contribution >= 0.6 is 0 Å². The highest BCUT2D eigenvalue weighted by Gasteiger charge is 2.20. The average Bonchev–Trinajstić information content (AvgIpc) is 3.38. The number of H-pyrrole nitrogens is 1. The lowest BCUT2D eigenvalue weighted by Gasteiger charge is -2.10. The van der Waals surface area contributed by atoms with Crippen molar-refractivity contribution in [2.24, 2.45) is 5.92 Å². The molecule has 168 valence electrons. The molecule has 4 aromatic rings. The summed E-state index contributed by atoms with van der Waals surface area (Å²) >= 11 is 0. The molecule has 8 nitrogen and oxygen atoms in total. The predicted molar refractivity (Wildman–Crippen MR) is 116 cm³/mol. The minimum absolute atomic E-state index is 0.0373. The summed E-state index contributed by atoms with van der Waals surface area (Å²) in [6.07, 6.45) is 3.76. The van der Waals surface area contributed by atoms with Gasteiger partial charge in [0.2, 0.25) is 0 Å². The molecular weight excluding hydrogens is 420 g/mol. The molecule has 0 bridgehead atoms. The van der Waals surface area contributed by atoms with E-state index in [9.17, 15) is 13.6 Å². The molecule has 3 N–H and O–H groups in total. The Kier molecular flexibility index (Phi) is 7.14. The van der Waals surface area contributed by atoms with Crippen molar-refractivity contribution in [1.82, 2.24) is 19.9 Å². The number of carboxylic acid groups (broad SMARTS) is 1. The lowest BCUT2D eigenvalue weighted by molar-refractivity contribution is -0.136. The summed E-state index contributed by atoms with van der Waals surface area (Å²) < 4.78 is 33.8. The van der Waals surface area contributed by atoms with Crippen molar-refractivity contribution in [3.8, 4) is 22.8 Å². The molecule has 0 amide bonds. The van der Waals surface area contributed by atoms with Crippen LogP contribution in [0, 0.1) is 17.6 Å². The number of anilines is 1. The van der Waals surface area contributed by atoms with E-state index in [1.165, 1.54) is 24.6 Å². The minimum atomic E-state index is -1.04. The molecule has 0 spiro atoms. The summed E-state index contributed by atoms with van der Waals surface area (Å²) in [6, 6.07) is 4.39. The third kappa shape index (κ3) is 5.45. The van der Waals surface area contributed by atoms with Crippen molar-refractivity contribution in [3.63, 3.8) is 0 Å². The van der Waals surface area contributed by atoms with Crippen LogP contribution in [0.15, 0.2) is 41.3 Å². The van der Waals surface area contributed by atoms with Crippen LogP contribution in [0.4, 0.5) is 14.6 Å². The molecule has 0 saturated heterocycles. The fourth-order valence-electron chi connectivity index (χ4n) is 2.71. The molecule has 10 heteroatoms. The zero-order chi connectivity index (χ0) is 23.3. The van der Waals surface area contributed by atoms with E-state index in [4.69, 9.17) is 9.52 Å². The second-order valence-electron chi connectivity index (χ2n) is 7.59. The highest BCUT2D eigenvalue weighted by atomic mass is 19.1. The number of nitrogens with one attached hydrogen (secondary N) is 2. The van der Waals surface area contributed by atoms with Crippen LogP contribution in [-0.4, -0.2) is 37.6 Å². The molecule has 0 aliphatic heterocycles. The topological polar surface area (TPSA) is 117 Å². The Labute approximate surface area is 182 Å². The van der Waals surface area contributed by atoms with Crippen LogP contribution in [-0.2, 0) is 4.79 Å².